The van der Waals surface area contributed by atoms with Gasteiger partial charge in [-0.3, -0.25) is 4.79 Å². The molecule has 1 atom stereocenters. The predicted octanol–water partition coefficient (Wildman–Crippen LogP) is 5.40. The number of carbonyl (C=O) groups excluding carboxylic acids is 1. The van der Waals surface area contributed by atoms with Gasteiger partial charge in [0.25, 0.3) is 0 Å². The number of esters is 1. The standard InChI is InChI=1S/C21H31Cl2NO4/c1-5-11-24-16(9-10-22)19-14(7-6-8-18(25)28-21(2,3)4)15(23)12-17-20(19)27-13-26-17/h12,16,24H,5-11,13H2,1-4H3. The van der Waals surface area contributed by atoms with Gasteiger partial charge < -0.3 is 19.5 Å². The number of hydrogen-bond acceptors (Lipinski definition) is 5. The average molecular weight is 432 g/mol. The molecule has 1 N–H and O–H groups in total. The average Bonchev–Trinajstić information content (AvgIpc) is 3.05. The van der Waals surface area contributed by atoms with E-state index >= 15 is 0 Å². The zero-order valence-electron chi connectivity index (χ0n) is 17.2. The fourth-order valence-electron chi connectivity index (χ4n) is 3.27. The zero-order chi connectivity index (χ0) is 20.7. The van der Waals surface area contributed by atoms with E-state index in [-0.39, 0.29) is 18.8 Å². The molecule has 28 heavy (non-hydrogen) atoms. The van der Waals surface area contributed by atoms with Crippen LogP contribution in [0.3, 0.4) is 0 Å². The monoisotopic (exact) mass is 431 g/mol. The van der Waals surface area contributed by atoms with E-state index < -0.39 is 5.60 Å². The van der Waals surface area contributed by atoms with Crippen LogP contribution in [0, 0.1) is 0 Å². The molecule has 0 bridgehead atoms. The van der Waals surface area contributed by atoms with E-state index in [0.29, 0.717) is 35.9 Å². The largest absolute Gasteiger partial charge is 0.460 e. The normalized spacial score (nSPS) is 14.2. The second-order valence-corrected chi connectivity index (χ2v) is 8.69. The van der Waals surface area contributed by atoms with Gasteiger partial charge >= 0.3 is 5.97 Å². The molecule has 0 radical (unpaired) electrons. The third kappa shape index (κ3) is 6.43. The van der Waals surface area contributed by atoms with E-state index in [2.05, 4.69) is 12.2 Å². The molecule has 158 valence electrons. The maximum Gasteiger partial charge on any atom is 0.306 e. The summed E-state index contributed by atoms with van der Waals surface area (Å²) in [5.74, 6) is 1.71. The zero-order valence-corrected chi connectivity index (χ0v) is 18.7. The van der Waals surface area contributed by atoms with Crippen LogP contribution >= 0.6 is 23.2 Å². The molecule has 0 fully saturated rings. The lowest BCUT2D eigenvalue weighted by molar-refractivity contribution is -0.154. The summed E-state index contributed by atoms with van der Waals surface area (Å²) >= 11 is 12.7. The van der Waals surface area contributed by atoms with Crippen molar-refractivity contribution < 1.29 is 19.0 Å². The third-order valence-electron chi connectivity index (χ3n) is 4.37. The maximum absolute atomic E-state index is 12.1. The molecule has 0 saturated heterocycles. The predicted molar refractivity (Wildman–Crippen MR) is 113 cm³/mol. The number of fused-ring (bicyclic) bond motifs is 1. The number of hydrogen-bond donors (Lipinski definition) is 1. The molecule has 1 heterocycles. The summed E-state index contributed by atoms with van der Waals surface area (Å²) in [6, 6.07) is 1.82. The van der Waals surface area contributed by atoms with Gasteiger partial charge in [-0.05, 0) is 58.6 Å². The fraction of sp³-hybridized carbons (Fsp3) is 0.667. The van der Waals surface area contributed by atoms with Crippen molar-refractivity contribution in [1.29, 1.82) is 0 Å². The van der Waals surface area contributed by atoms with Gasteiger partial charge in [-0.25, -0.2) is 0 Å². The van der Waals surface area contributed by atoms with Crippen LogP contribution in [-0.4, -0.2) is 30.8 Å². The van der Waals surface area contributed by atoms with Crippen molar-refractivity contribution in [3.05, 3.63) is 22.2 Å². The van der Waals surface area contributed by atoms with E-state index in [9.17, 15) is 4.79 Å². The summed E-state index contributed by atoms with van der Waals surface area (Å²) in [5.41, 5.74) is 1.50. The minimum atomic E-state index is -0.478. The SMILES string of the molecule is CCCNC(CCCl)c1c(CCCC(=O)OC(C)(C)C)c(Cl)cc2c1OCO2. The Bertz CT molecular complexity index is 673. The van der Waals surface area contributed by atoms with E-state index in [1.54, 1.807) is 6.07 Å². The number of carbonyl (C=O) groups is 1. The lowest BCUT2D eigenvalue weighted by Crippen LogP contribution is -2.25. The highest BCUT2D eigenvalue weighted by atomic mass is 35.5. The first kappa shape index (κ1) is 23.1. The number of halogens is 2. The first-order chi connectivity index (χ1) is 13.3. The topological polar surface area (TPSA) is 56.8 Å². The van der Waals surface area contributed by atoms with Crippen LogP contribution in [0.15, 0.2) is 6.07 Å². The second kappa shape index (κ2) is 10.6. The summed E-state index contributed by atoms with van der Waals surface area (Å²) in [6.07, 6.45) is 3.38. The molecule has 2 rings (SSSR count). The van der Waals surface area contributed by atoms with Gasteiger partial charge in [-0.1, -0.05) is 18.5 Å². The fourth-order valence-corrected chi connectivity index (χ4v) is 3.79. The highest BCUT2D eigenvalue weighted by Crippen LogP contribution is 2.45. The van der Waals surface area contributed by atoms with E-state index in [1.807, 2.05) is 20.8 Å². The van der Waals surface area contributed by atoms with Crippen molar-refractivity contribution in [2.75, 3.05) is 19.2 Å². The van der Waals surface area contributed by atoms with Crippen LogP contribution in [0.4, 0.5) is 0 Å². The van der Waals surface area contributed by atoms with Crippen molar-refractivity contribution >= 4 is 29.2 Å². The van der Waals surface area contributed by atoms with E-state index in [4.69, 9.17) is 37.4 Å². The molecule has 1 unspecified atom stereocenters. The molecule has 7 heteroatoms. The van der Waals surface area contributed by atoms with Crippen LogP contribution in [0.5, 0.6) is 11.5 Å². The minimum absolute atomic E-state index is 0.0168. The van der Waals surface area contributed by atoms with Gasteiger partial charge in [0.2, 0.25) is 6.79 Å². The van der Waals surface area contributed by atoms with Gasteiger partial charge in [-0.15, -0.1) is 11.6 Å². The number of ether oxygens (including phenoxy) is 3. The molecule has 0 spiro atoms. The Balaban J connectivity index is 2.23. The van der Waals surface area contributed by atoms with Crippen LogP contribution in [-0.2, 0) is 16.0 Å². The Hall–Kier alpha value is -1.17. The smallest absolute Gasteiger partial charge is 0.306 e. The van der Waals surface area contributed by atoms with Crippen LogP contribution in [0.2, 0.25) is 5.02 Å². The van der Waals surface area contributed by atoms with Crippen LogP contribution in [0.25, 0.3) is 0 Å². The third-order valence-corrected chi connectivity index (χ3v) is 4.93. The molecule has 1 aliphatic rings. The molecule has 5 nitrogen and oxygen atoms in total. The lowest BCUT2D eigenvalue weighted by atomic mass is 9.93. The molecule has 0 aromatic heterocycles. The van der Waals surface area contributed by atoms with Gasteiger partial charge in [0.15, 0.2) is 11.5 Å². The first-order valence-electron chi connectivity index (χ1n) is 9.88. The Morgan fingerprint density at radius 3 is 2.75 bits per heavy atom. The molecular weight excluding hydrogens is 401 g/mol. The first-order valence-corrected chi connectivity index (χ1v) is 10.8. The Kier molecular flexibility index (Phi) is 8.72. The number of alkyl halides is 1. The maximum atomic E-state index is 12.1. The van der Waals surface area contributed by atoms with Crippen LogP contribution < -0.4 is 14.8 Å². The van der Waals surface area contributed by atoms with Gasteiger partial charge in [-0.2, -0.15) is 0 Å². The Morgan fingerprint density at radius 1 is 1.36 bits per heavy atom. The molecule has 1 aromatic carbocycles. The van der Waals surface area contributed by atoms with Crippen molar-refractivity contribution in [3.8, 4) is 11.5 Å². The Labute approximate surface area is 178 Å². The van der Waals surface area contributed by atoms with Crippen molar-refractivity contribution in [2.45, 2.75) is 71.4 Å². The molecule has 0 aliphatic carbocycles. The van der Waals surface area contributed by atoms with Gasteiger partial charge in [0.05, 0.1) is 0 Å². The summed E-state index contributed by atoms with van der Waals surface area (Å²) in [4.78, 5) is 12.1. The molecule has 1 aliphatic heterocycles. The summed E-state index contributed by atoms with van der Waals surface area (Å²) in [6.45, 7) is 8.77. The highest BCUT2D eigenvalue weighted by molar-refractivity contribution is 6.31. The lowest BCUT2D eigenvalue weighted by Gasteiger charge is -2.24. The van der Waals surface area contributed by atoms with Gasteiger partial charge in [0.1, 0.15) is 5.60 Å². The van der Waals surface area contributed by atoms with Crippen molar-refractivity contribution in [3.63, 3.8) is 0 Å². The summed E-state index contributed by atoms with van der Waals surface area (Å²) < 4.78 is 16.7. The minimum Gasteiger partial charge on any atom is -0.460 e. The summed E-state index contributed by atoms with van der Waals surface area (Å²) in [7, 11) is 0. The molecular formula is C21H31Cl2NO4. The number of nitrogens with one attached hydrogen (secondary N) is 1. The van der Waals surface area contributed by atoms with Crippen molar-refractivity contribution in [2.24, 2.45) is 0 Å². The summed E-state index contributed by atoms with van der Waals surface area (Å²) in [5, 5.41) is 4.17. The highest BCUT2D eigenvalue weighted by Gasteiger charge is 2.28. The second-order valence-electron chi connectivity index (χ2n) is 7.91. The molecule has 0 saturated carbocycles. The van der Waals surface area contributed by atoms with Crippen LogP contribution in [0.1, 0.15) is 70.5 Å². The number of benzene rings is 1. The van der Waals surface area contributed by atoms with E-state index in [1.165, 1.54) is 0 Å². The van der Waals surface area contributed by atoms with Gasteiger partial charge in [0, 0.05) is 35.0 Å². The van der Waals surface area contributed by atoms with Crippen molar-refractivity contribution in [1.82, 2.24) is 5.32 Å². The molecule has 1 aromatic rings. The molecule has 0 amide bonds. The quantitative estimate of drug-likeness (QED) is 0.396. The number of rotatable bonds is 10. The van der Waals surface area contributed by atoms with E-state index in [0.717, 1.165) is 36.3 Å². The Morgan fingerprint density at radius 2 is 2.11 bits per heavy atom.